The molecule has 0 heterocycles. The minimum Gasteiger partial charge on any atom is -0.326 e. The Bertz CT molecular complexity index is 949. The van der Waals surface area contributed by atoms with E-state index in [1.54, 1.807) is 0 Å². The smallest absolute Gasteiger partial charge is 0.296 e. The topological polar surface area (TPSA) is 150 Å². The average Bonchev–Trinajstić information content (AvgIpc) is 2.61. The summed E-state index contributed by atoms with van der Waals surface area (Å²) in [5, 5.41) is 22.0. The van der Waals surface area contributed by atoms with Crippen molar-refractivity contribution in [3.05, 3.63) is 74.3 Å². The van der Waals surface area contributed by atoms with Gasteiger partial charge in [0.15, 0.2) is 4.90 Å². The fourth-order valence-corrected chi connectivity index (χ4v) is 3.92. The first-order chi connectivity index (χ1) is 12.6. The quantitative estimate of drug-likeness (QED) is 0.528. The molecule has 11 heteroatoms. The van der Waals surface area contributed by atoms with Gasteiger partial charge in [-0.1, -0.05) is 30.3 Å². The largest absolute Gasteiger partial charge is 0.326 e. The number of non-ortho nitro benzene ring substituents is 1. The molecule has 27 heavy (non-hydrogen) atoms. The average molecular weight is 394 g/mol. The van der Waals surface area contributed by atoms with E-state index >= 15 is 0 Å². The van der Waals surface area contributed by atoms with E-state index in [-0.39, 0.29) is 6.54 Å². The third-order valence-electron chi connectivity index (χ3n) is 3.87. The highest BCUT2D eigenvalue weighted by Gasteiger charge is 2.32. The van der Waals surface area contributed by atoms with Gasteiger partial charge >= 0.3 is 0 Å². The molecule has 1 atom stereocenters. The zero-order valence-corrected chi connectivity index (χ0v) is 15.2. The van der Waals surface area contributed by atoms with Crippen molar-refractivity contribution in [3.8, 4) is 0 Å². The minimum absolute atomic E-state index is 0.0780. The van der Waals surface area contributed by atoms with Crippen LogP contribution >= 0.6 is 0 Å². The first kappa shape index (κ1) is 20.4. The van der Waals surface area contributed by atoms with Crippen LogP contribution in [0.15, 0.2) is 53.4 Å². The standard InChI is InChI=1S/C16H18N4O6S/c1-18(11-13(17)9-12-5-3-2-4-6-12)27(25,26)16-8-7-14(19(21)22)10-15(16)20(23)24/h2-8,10,13H,9,11,17H2,1H3. The van der Waals surface area contributed by atoms with Crippen LogP contribution < -0.4 is 5.73 Å². The summed E-state index contributed by atoms with van der Waals surface area (Å²) in [7, 11) is -3.00. The lowest BCUT2D eigenvalue weighted by molar-refractivity contribution is -0.396. The van der Waals surface area contributed by atoms with Crippen LogP contribution in [-0.2, 0) is 16.4 Å². The number of likely N-dealkylation sites (N-methyl/N-ethyl adjacent to an activating group) is 1. The van der Waals surface area contributed by atoms with Gasteiger partial charge in [-0.15, -0.1) is 0 Å². The van der Waals surface area contributed by atoms with Crippen molar-refractivity contribution in [2.24, 2.45) is 5.73 Å². The van der Waals surface area contributed by atoms with Gasteiger partial charge in [0.05, 0.1) is 15.9 Å². The molecule has 0 saturated carbocycles. The molecule has 0 fully saturated rings. The van der Waals surface area contributed by atoms with Crippen molar-refractivity contribution < 1.29 is 18.3 Å². The number of sulfonamides is 1. The second-order valence-electron chi connectivity index (χ2n) is 5.90. The number of nitrogens with two attached hydrogens (primary N) is 1. The first-order valence-corrected chi connectivity index (χ1v) is 9.25. The van der Waals surface area contributed by atoms with E-state index in [2.05, 4.69) is 0 Å². The molecule has 0 aliphatic rings. The predicted octanol–water partition coefficient (Wildman–Crippen LogP) is 1.69. The van der Waals surface area contributed by atoms with Gasteiger partial charge in [0.25, 0.3) is 11.4 Å². The minimum atomic E-state index is -4.26. The summed E-state index contributed by atoms with van der Waals surface area (Å²) in [6.45, 7) is -0.0780. The molecule has 2 rings (SSSR count). The number of nitro groups is 2. The first-order valence-electron chi connectivity index (χ1n) is 7.81. The van der Waals surface area contributed by atoms with Crippen LogP contribution in [0, 0.1) is 20.2 Å². The number of rotatable bonds is 8. The molecule has 2 aromatic carbocycles. The maximum atomic E-state index is 12.7. The van der Waals surface area contributed by atoms with E-state index in [4.69, 9.17) is 5.73 Å². The lowest BCUT2D eigenvalue weighted by Crippen LogP contribution is -2.40. The van der Waals surface area contributed by atoms with E-state index in [1.807, 2.05) is 30.3 Å². The zero-order valence-electron chi connectivity index (χ0n) is 14.4. The molecule has 0 amide bonds. The molecule has 0 aliphatic carbocycles. The number of benzene rings is 2. The summed E-state index contributed by atoms with van der Waals surface area (Å²) in [6, 6.07) is 11.1. The van der Waals surface area contributed by atoms with Crippen LogP contribution in [0.4, 0.5) is 11.4 Å². The molecule has 0 radical (unpaired) electrons. The third-order valence-corrected chi connectivity index (χ3v) is 5.74. The van der Waals surface area contributed by atoms with Crippen molar-refractivity contribution in [2.75, 3.05) is 13.6 Å². The summed E-state index contributed by atoms with van der Waals surface area (Å²) in [6.07, 6.45) is 0.420. The fraction of sp³-hybridized carbons (Fsp3) is 0.250. The normalized spacial score (nSPS) is 12.7. The van der Waals surface area contributed by atoms with Gasteiger partial charge in [0.1, 0.15) is 0 Å². The Kier molecular flexibility index (Phi) is 6.20. The molecule has 0 spiro atoms. The van der Waals surface area contributed by atoms with Gasteiger partial charge in [-0.2, -0.15) is 4.31 Å². The van der Waals surface area contributed by atoms with Crippen molar-refractivity contribution >= 4 is 21.4 Å². The summed E-state index contributed by atoms with van der Waals surface area (Å²) < 4.78 is 26.4. The van der Waals surface area contributed by atoms with Gasteiger partial charge < -0.3 is 5.73 Å². The Labute approximate surface area is 155 Å². The van der Waals surface area contributed by atoms with E-state index < -0.39 is 42.2 Å². The SMILES string of the molecule is CN(CC(N)Cc1ccccc1)S(=O)(=O)c1ccc([N+](=O)[O-])cc1[N+](=O)[O-]. The monoisotopic (exact) mass is 394 g/mol. The predicted molar refractivity (Wildman–Crippen MR) is 97.7 cm³/mol. The molecule has 2 aromatic rings. The maximum Gasteiger partial charge on any atom is 0.296 e. The van der Waals surface area contributed by atoms with Gasteiger partial charge in [-0.3, -0.25) is 20.2 Å². The van der Waals surface area contributed by atoms with E-state index in [1.165, 1.54) is 7.05 Å². The number of hydrogen-bond acceptors (Lipinski definition) is 7. The van der Waals surface area contributed by atoms with Gasteiger partial charge in [0, 0.05) is 25.7 Å². The van der Waals surface area contributed by atoms with E-state index in [0.717, 1.165) is 22.0 Å². The third kappa shape index (κ3) is 4.84. The van der Waals surface area contributed by atoms with Crippen LogP contribution in [-0.4, -0.2) is 42.2 Å². The molecule has 2 N–H and O–H groups in total. The Morgan fingerprint density at radius 3 is 2.26 bits per heavy atom. The van der Waals surface area contributed by atoms with Gasteiger partial charge in [-0.05, 0) is 18.1 Å². The molecule has 144 valence electrons. The highest BCUT2D eigenvalue weighted by Crippen LogP contribution is 2.30. The summed E-state index contributed by atoms with van der Waals surface area (Å²) >= 11 is 0. The van der Waals surface area contributed by atoms with Crippen molar-refractivity contribution in [1.82, 2.24) is 4.31 Å². The molecule has 0 aromatic heterocycles. The summed E-state index contributed by atoms with van der Waals surface area (Å²) in [4.78, 5) is 19.6. The van der Waals surface area contributed by atoms with Crippen LogP contribution in [0.5, 0.6) is 0 Å². The Morgan fingerprint density at radius 1 is 1.07 bits per heavy atom. The van der Waals surface area contributed by atoms with Crippen molar-refractivity contribution in [2.45, 2.75) is 17.4 Å². The van der Waals surface area contributed by atoms with Gasteiger partial charge in [-0.25, -0.2) is 8.42 Å². The van der Waals surface area contributed by atoms with Crippen molar-refractivity contribution in [1.29, 1.82) is 0 Å². The molecular weight excluding hydrogens is 376 g/mol. The Hall–Kier alpha value is -2.89. The number of nitro benzene ring substituents is 2. The fourth-order valence-electron chi connectivity index (χ4n) is 2.56. The number of nitrogens with zero attached hydrogens (tertiary/aromatic N) is 3. The molecule has 10 nitrogen and oxygen atoms in total. The van der Waals surface area contributed by atoms with Crippen LogP contribution in [0.1, 0.15) is 5.56 Å². The maximum absolute atomic E-state index is 12.7. The lowest BCUT2D eigenvalue weighted by Gasteiger charge is -2.21. The molecule has 1 unspecified atom stereocenters. The summed E-state index contributed by atoms with van der Waals surface area (Å²) in [5.74, 6) is 0. The zero-order chi connectivity index (χ0) is 20.2. The van der Waals surface area contributed by atoms with E-state index in [0.29, 0.717) is 12.5 Å². The highest BCUT2D eigenvalue weighted by atomic mass is 32.2. The van der Waals surface area contributed by atoms with Crippen molar-refractivity contribution in [3.63, 3.8) is 0 Å². The van der Waals surface area contributed by atoms with Gasteiger partial charge in [0.2, 0.25) is 10.0 Å². The van der Waals surface area contributed by atoms with Crippen LogP contribution in [0.2, 0.25) is 0 Å². The summed E-state index contributed by atoms with van der Waals surface area (Å²) in [5.41, 5.74) is 5.52. The lowest BCUT2D eigenvalue weighted by atomic mass is 10.1. The number of hydrogen-bond donors (Lipinski definition) is 1. The highest BCUT2D eigenvalue weighted by molar-refractivity contribution is 7.89. The molecule has 0 bridgehead atoms. The van der Waals surface area contributed by atoms with Crippen LogP contribution in [0.3, 0.4) is 0 Å². The Balaban J connectivity index is 2.26. The second kappa shape index (κ2) is 8.20. The molecule has 0 aliphatic heterocycles. The van der Waals surface area contributed by atoms with E-state index in [9.17, 15) is 28.6 Å². The molecule has 0 saturated heterocycles. The Morgan fingerprint density at radius 2 is 1.70 bits per heavy atom. The molecular formula is C16H18N4O6S. The second-order valence-corrected chi connectivity index (χ2v) is 7.91. The van der Waals surface area contributed by atoms with Crippen LogP contribution in [0.25, 0.3) is 0 Å².